The van der Waals surface area contributed by atoms with E-state index < -0.39 is 0 Å². The average Bonchev–Trinajstić information content (AvgIpc) is 2.71. The van der Waals surface area contributed by atoms with Gasteiger partial charge < -0.3 is 4.42 Å². The molecule has 0 aliphatic carbocycles. The number of furan rings is 1. The molecule has 3 aromatic rings. The Balaban J connectivity index is 2.71. The second-order valence-corrected chi connectivity index (χ2v) is 2.59. The van der Waals surface area contributed by atoms with Crippen LogP contribution in [0.4, 0.5) is 0 Å². The van der Waals surface area contributed by atoms with Crippen LogP contribution in [-0.4, -0.2) is 15.2 Å². The number of hydrogen-bond donors (Lipinski definition) is 1. The smallest absolute Gasteiger partial charge is 0.155 e. The van der Waals surface area contributed by atoms with E-state index in [-0.39, 0.29) is 0 Å². The van der Waals surface area contributed by atoms with Crippen molar-refractivity contribution in [3.8, 4) is 0 Å². The predicted molar refractivity (Wildman–Crippen MR) is 43.7 cm³/mol. The van der Waals surface area contributed by atoms with Crippen molar-refractivity contribution in [3.05, 3.63) is 24.7 Å². The molecule has 0 atom stereocenters. The molecule has 12 heavy (non-hydrogen) atoms. The van der Waals surface area contributed by atoms with Crippen LogP contribution >= 0.6 is 0 Å². The molecule has 0 radical (unpaired) electrons. The summed E-state index contributed by atoms with van der Waals surface area (Å²) in [6.07, 6.45) is 5.09. The lowest BCUT2D eigenvalue weighted by Gasteiger charge is -1.87. The fourth-order valence-electron chi connectivity index (χ4n) is 1.34. The SMILES string of the molecule is c1cc2c(cnc3[nH]ncc32)o1. The lowest BCUT2D eigenvalue weighted by atomic mass is 10.2. The van der Waals surface area contributed by atoms with Gasteiger partial charge in [-0.3, -0.25) is 5.10 Å². The number of nitrogens with zero attached hydrogens (tertiary/aromatic N) is 2. The van der Waals surface area contributed by atoms with E-state index in [0.717, 1.165) is 22.0 Å². The maximum absolute atomic E-state index is 5.19. The number of rotatable bonds is 0. The van der Waals surface area contributed by atoms with Crippen molar-refractivity contribution < 1.29 is 4.42 Å². The van der Waals surface area contributed by atoms with Crippen LogP contribution in [0, 0.1) is 0 Å². The third-order valence-corrected chi connectivity index (χ3v) is 1.92. The summed E-state index contributed by atoms with van der Waals surface area (Å²) >= 11 is 0. The molecule has 0 aliphatic heterocycles. The number of fused-ring (bicyclic) bond motifs is 3. The van der Waals surface area contributed by atoms with Crippen LogP contribution in [0.25, 0.3) is 22.0 Å². The zero-order valence-corrected chi connectivity index (χ0v) is 6.11. The topological polar surface area (TPSA) is 54.7 Å². The maximum atomic E-state index is 5.19. The first-order valence-electron chi connectivity index (χ1n) is 3.60. The minimum Gasteiger partial charge on any atom is -0.463 e. The molecule has 3 heterocycles. The first-order chi connectivity index (χ1) is 5.95. The second kappa shape index (κ2) is 1.85. The van der Waals surface area contributed by atoms with E-state index in [4.69, 9.17) is 4.42 Å². The molecule has 0 saturated heterocycles. The van der Waals surface area contributed by atoms with Gasteiger partial charge in [0.2, 0.25) is 0 Å². The summed E-state index contributed by atoms with van der Waals surface area (Å²) in [5, 5.41) is 8.75. The predicted octanol–water partition coefficient (Wildman–Crippen LogP) is 1.70. The van der Waals surface area contributed by atoms with Gasteiger partial charge in [-0.25, -0.2) is 4.98 Å². The fourth-order valence-corrected chi connectivity index (χ4v) is 1.34. The van der Waals surface area contributed by atoms with E-state index >= 15 is 0 Å². The van der Waals surface area contributed by atoms with E-state index in [0.29, 0.717) is 0 Å². The molecule has 0 bridgehead atoms. The van der Waals surface area contributed by atoms with E-state index in [1.54, 1.807) is 18.7 Å². The zero-order valence-electron chi connectivity index (χ0n) is 6.11. The van der Waals surface area contributed by atoms with Gasteiger partial charge in [-0.15, -0.1) is 0 Å². The third kappa shape index (κ3) is 0.567. The Morgan fingerprint density at radius 3 is 3.25 bits per heavy atom. The summed E-state index contributed by atoms with van der Waals surface area (Å²) in [6, 6.07) is 1.91. The molecule has 0 saturated carbocycles. The summed E-state index contributed by atoms with van der Waals surface area (Å²) in [4.78, 5) is 4.13. The molecule has 0 aromatic carbocycles. The van der Waals surface area contributed by atoms with Gasteiger partial charge in [0.05, 0.1) is 18.7 Å². The Labute approximate surface area is 67.2 Å². The van der Waals surface area contributed by atoms with E-state index in [9.17, 15) is 0 Å². The highest BCUT2D eigenvalue weighted by atomic mass is 16.3. The number of pyridine rings is 1. The molecule has 3 aromatic heterocycles. The largest absolute Gasteiger partial charge is 0.463 e. The zero-order chi connectivity index (χ0) is 7.97. The van der Waals surface area contributed by atoms with Crippen LogP contribution in [0.15, 0.2) is 29.1 Å². The molecule has 3 rings (SSSR count). The van der Waals surface area contributed by atoms with E-state index in [1.807, 2.05) is 6.07 Å². The van der Waals surface area contributed by atoms with Gasteiger partial charge >= 0.3 is 0 Å². The molecule has 0 fully saturated rings. The Morgan fingerprint density at radius 1 is 1.25 bits per heavy atom. The van der Waals surface area contributed by atoms with Crippen LogP contribution in [0.2, 0.25) is 0 Å². The van der Waals surface area contributed by atoms with Gasteiger partial charge in [0.1, 0.15) is 0 Å². The van der Waals surface area contributed by atoms with E-state index in [1.165, 1.54) is 0 Å². The van der Waals surface area contributed by atoms with Gasteiger partial charge in [-0.05, 0) is 6.07 Å². The van der Waals surface area contributed by atoms with Crippen LogP contribution in [0.3, 0.4) is 0 Å². The summed E-state index contributed by atoms with van der Waals surface area (Å²) < 4.78 is 5.19. The molecule has 0 unspecified atom stereocenters. The number of nitrogens with one attached hydrogen (secondary N) is 1. The van der Waals surface area contributed by atoms with Gasteiger partial charge in [0.25, 0.3) is 0 Å². The minimum absolute atomic E-state index is 0.795. The first kappa shape index (κ1) is 5.77. The summed E-state index contributed by atoms with van der Waals surface area (Å²) in [5.41, 5.74) is 1.59. The lowest BCUT2D eigenvalue weighted by Crippen LogP contribution is -1.74. The molecular weight excluding hydrogens is 154 g/mol. The van der Waals surface area contributed by atoms with Crippen molar-refractivity contribution >= 4 is 22.0 Å². The number of H-pyrrole nitrogens is 1. The molecule has 0 aliphatic rings. The molecule has 0 amide bonds. The standard InChI is InChI=1S/C8H5N3O/c1-2-12-7-4-9-8-6(5(1)7)3-10-11-8/h1-4H,(H,9,10,11). The fraction of sp³-hybridized carbons (Fsp3) is 0. The van der Waals surface area contributed by atoms with Crippen LogP contribution in [-0.2, 0) is 0 Å². The van der Waals surface area contributed by atoms with Crippen molar-refractivity contribution in [3.63, 3.8) is 0 Å². The molecule has 4 nitrogen and oxygen atoms in total. The van der Waals surface area contributed by atoms with Crippen LogP contribution in [0.5, 0.6) is 0 Å². The maximum Gasteiger partial charge on any atom is 0.155 e. The van der Waals surface area contributed by atoms with Crippen molar-refractivity contribution in [1.29, 1.82) is 0 Å². The molecule has 0 spiro atoms. The van der Waals surface area contributed by atoms with Gasteiger partial charge in [0.15, 0.2) is 11.2 Å². The highest BCUT2D eigenvalue weighted by molar-refractivity contribution is 6.01. The van der Waals surface area contributed by atoms with Gasteiger partial charge in [0, 0.05) is 10.8 Å². The second-order valence-electron chi connectivity index (χ2n) is 2.59. The Hall–Kier alpha value is -1.84. The average molecular weight is 159 g/mol. The summed E-state index contributed by atoms with van der Waals surface area (Å²) in [7, 11) is 0. The number of aromatic amines is 1. The minimum atomic E-state index is 0.795. The Kier molecular flexibility index (Phi) is 0.889. The Morgan fingerprint density at radius 2 is 2.25 bits per heavy atom. The van der Waals surface area contributed by atoms with Crippen LogP contribution in [0.1, 0.15) is 0 Å². The lowest BCUT2D eigenvalue weighted by molar-refractivity contribution is 0.614. The van der Waals surface area contributed by atoms with Crippen molar-refractivity contribution in [2.24, 2.45) is 0 Å². The molecular formula is C8H5N3O. The normalized spacial score (nSPS) is 11.3. The van der Waals surface area contributed by atoms with Crippen LogP contribution < -0.4 is 0 Å². The molecule has 1 N–H and O–H groups in total. The van der Waals surface area contributed by atoms with Crippen molar-refractivity contribution in [1.82, 2.24) is 15.2 Å². The molecule has 4 heteroatoms. The van der Waals surface area contributed by atoms with E-state index in [2.05, 4.69) is 15.2 Å². The number of aromatic nitrogens is 3. The first-order valence-corrected chi connectivity index (χ1v) is 3.60. The highest BCUT2D eigenvalue weighted by Crippen LogP contribution is 2.21. The number of hydrogen-bond acceptors (Lipinski definition) is 3. The molecule has 58 valence electrons. The van der Waals surface area contributed by atoms with Crippen molar-refractivity contribution in [2.75, 3.05) is 0 Å². The summed E-state index contributed by atoms with van der Waals surface area (Å²) in [6.45, 7) is 0. The summed E-state index contributed by atoms with van der Waals surface area (Å²) in [5.74, 6) is 0. The Bertz CT molecular complexity index is 487. The van der Waals surface area contributed by atoms with Crippen molar-refractivity contribution in [2.45, 2.75) is 0 Å². The van der Waals surface area contributed by atoms with Gasteiger partial charge in [-0.2, -0.15) is 5.10 Å². The highest BCUT2D eigenvalue weighted by Gasteiger charge is 2.03. The quantitative estimate of drug-likeness (QED) is 0.543. The van der Waals surface area contributed by atoms with Gasteiger partial charge in [-0.1, -0.05) is 0 Å². The third-order valence-electron chi connectivity index (χ3n) is 1.92. The monoisotopic (exact) mass is 159 g/mol.